The molecule has 2 aliphatic heterocycles. The van der Waals surface area contributed by atoms with Gasteiger partial charge in [0.2, 0.25) is 0 Å². The molecule has 3 rings (SSSR count). The summed E-state index contributed by atoms with van der Waals surface area (Å²) in [5, 5.41) is 3.31. The van der Waals surface area contributed by atoms with Gasteiger partial charge in [-0.15, -0.1) is 0 Å². The van der Waals surface area contributed by atoms with E-state index < -0.39 is 0 Å². The summed E-state index contributed by atoms with van der Waals surface area (Å²) in [5.41, 5.74) is 0.946. The standard InChI is InChI=1S/C13H17NO4/c1-15-9-2-3-10-13(18-7-6-17-10)12(9)11-8-14-4-5-16-11/h2-3,11,14H,4-8H2,1H3. The fraction of sp³-hybridized carbons (Fsp3) is 0.538. The Morgan fingerprint density at radius 2 is 2.11 bits per heavy atom. The van der Waals surface area contributed by atoms with Crippen LogP contribution < -0.4 is 19.5 Å². The molecule has 1 aromatic carbocycles. The average Bonchev–Trinajstić information content (AvgIpc) is 2.47. The molecule has 0 amide bonds. The van der Waals surface area contributed by atoms with Gasteiger partial charge in [-0.1, -0.05) is 0 Å². The molecular formula is C13H17NO4. The van der Waals surface area contributed by atoms with Gasteiger partial charge in [-0.3, -0.25) is 0 Å². The lowest BCUT2D eigenvalue weighted by molar-refractivity contribution is 0.0229. The number of nitrogens with one attached hydrogen (secondary N) is 1. The molecule has 0 radical (unpaired) electrons. The molecule has 5 nitrogen and oxygen atoms in total. The van der Waals surface area contributed by atoms with Crippen LogP contribution in [0.2, 0.25) is 0 Å². The highest BCUT2D eigenvalue weighted by molar-refractivity contribution is 5.55. The van der Waals surface area contributed by atoms with Crippen LogP contribution in [0.4, 0.5) is 0 Å². The van der Waals surface area contributed by atoms with E-state index in [1.807, 2.05) is 12.1 Å². The fourth-order valence-electron chi connectivity index (χ4n) is 2.35. The zero-order valence-corrected chi connectivity index (χ0v) is 10.4. The Bertz CT molecular complexity index is 429. The molecule has 1 atom stereocenters. The van der Waals surface area contributed by atoms with E-state index in [0.717, 1.165) is 35.9 Å². The van der Waals surface area contributed by atoms with Crippen LogP contribution in [0, 0.1) is 0 Å². The highest BCUT2D eigenvalue weighted by atomic mass is 16.6. The molecule has 0 aliphatic carbocycles. The number of rotatable bonds is 2. The van der Waals surface area contributed by atoms with Gasteiger partial charge >= 0.3 is 0 Å². The monoisotopic (exact) mass is 251 g/mol. The molecule has 0 bridgehead atoms. The predicted molar refractivity (Wildman–Crippen MR) is 65.5 cm³/mol. The van der Waals surface area contributed by atoms with Crippen LogP contribution in [-0.4, -0.2) is 40.0 Å². The van der Waals surface area contributed by atoms with Gasteiger partial charge in [0, 0.05) is 13.1 Å². The van der Waals surface area contributed by atoms with Crippen LogP contribution in [0.25, 0.3) is 0 Å². The SMILES string of the molecule is COc1ccc2c(c1C1CNCCO1)OCCO2. The molecule has 0 spiro atoms. The third-order valence-electron chi connectivity index (χ3n) is 3.18. The van der Waals surface area contributed by atoms with Gasteiger partial charge in [0.05, 0.1) is 19.3 Å². The van der Waals surface area contributed by atoms with Crippen molar-refractivity contribution in [2.24, 2.45) is 0 Å². The van der Waals surface area contributed by atoms with Crippen molar-refractivity contribution < 1.29 is 18.9 Å². The highest BCUT2D eigenvalue weighted by Gasteiger charge is 2.28. The molecule has 1 fully saturated rings. The number of hydrogen-bond acceptors (Lipinski definition) is 5. The largest absolute Gasteiger partial charge is 0.496 e. The van der Waals surface area contributed by atoms with Crippen molar-refractivity contribution in [2.45, 2.75) is 6.10 Å². The Hall–Kier alpha value is -1.46. The van der Waals surface area contributed by atoms with Crippen molar-refractivity contribution in [3.05, 3.63) is 17.7 Å². The number of morpholine rings is 1. The van der Waals surface area contributed by atoms with Crippen molar-refractivity contribution in [2.75, 3.05) is 40.0 Å². The molecule has 2 heterocycles. The van der Waals surface area contributed by atoms with E-state index in [2.05, 4.69) is 5.32 Å². The van der Waals surface area contributed by atoms with Crippen molar-refractivity contribution in [3.63, 3.8) is 0 Å². The zero-order valence-electron chi connectivity index (χ0n) is 10.4. The third kappa shape index (κ3) is 2.00. The predicted octanol–water partition coefficient (Wildman–Crippen LogP) is 1.13. The number of fused-ring (bicyclic) bond motifs is 1. The summed E-state index contributed by atoms with van der Waals surface area (Å²) in [5.74, 6) is 2.31. The minimum absolute atomic E-state index is 0.0506. The third-order valence-corrected chi connectivity index (χ3v) is 3.18. The first kappa shape index (κ1) is 11.6. The van der Waals surface area contributed by atoms with Crippen LogP contribution in [0.15, 0.2) is 12.1 Å². The van der Waals surface area contributed by atoms with Crippen LogP contribution >= 0.6 is 0 Å². The molecule has 18 heavy (non-hydrogen) atoms. The van der Waals surface area contributed by atoms with Gasteiger partial charge in [-0.25, -0.2) is 0 Å². The average molecular weight is 251 g/mol. The summed E-state index contributed by atoms with van der Waals surface area (Å²) >= 11 is 0. The van der Waals surface area contributed by atoms with Crippen molar-refractivity contribution in [3.8, 4) is 17.2 Å². The maximum absolute atomic E-state index is 5.79. The van der Waals surface area contributed by atoms with E-state index in [0.29, 0.717) is 19.8 Å². The minimum Gasteiger partial charge on any atom is -0.496 e. The van der Waals surface area contributed by atoms with E-state index in [-0.39, 0.29) is 6.10 Å². The summed E-state index contributed by atoms with van der Waals surface area (Å²) in [6.45, 7) is 3.48. The van der Waals surface area contributed by atoms with Gasteiger partial charge in [0.1, 0.15) is 25.1 Å². The first-order valence-corrected chi connectivity index (χ1v) is 6.19. The Morgan fingerprint density at radius 1 is 1.22 bits per heavy atom. The second-order valence-electron chi connectivity index (χ2n) is 4.27. The second kappa shape index (κ2) is 5.04. The number of hydrogen-bond donors (Lipinski definition) is 1. The van der Waals surface area contributed by atoms with Crippen molar-refractivity contribution in [1.29, 1.82) is 0 Å². The number of methoxy groups -OCH3 is 1. The van der Waals surface area contributed by atoms with Crippen molar-refractivity contribution >= 4 is 0 Å². The van der Waals surface area contributed by atoms with Crippen molar-refractivity contribution in [1.82, 2.24) is 5.32 Å². The van der Waals surface area contributed by atoms with E-state index in [1.165, 1.54) is 0 Å². The van der Waals surface area contributed by atoms with Gasteiger partial charge in [0.25, 0.3) is 0 Å². The van der Waals surface area contributed by atoms with E-state index in [1.54, 1.807) is 7.11 Å². The molecule has 1 saturated heterocycles. The first-order valence-electron chi connectivity index (χ1n) is 6.19. The molecule has 5 heteroatoms. The topological polar surface area (TPSA) is 49.0 Å². The lowest BCUT2D eigenvalue weighted by Crippen LogP contribution is -2.34. The molecule has 98 valence electrons. The molecule has 1 N–H and O–H groups in total. The Morgan fingerprint density at radius 3 is 2.89 bits per heavy atom. The molecule has 0 saturated carbocycles. The quantitative estimate of drug-likeness (QED) is 0.853. The van der Waals surface area contributed by atoms with Crippen LogP contribution in [0.3, 0.4) is 0 Å². The fourth-order valence-corrected chi connectivity index (χ4v) is 2.35. The summed E-state index contributed by atoms with van der Waals surface area (Å²) < 4.78 is 22.6. The Balaban J connectivity index is 2.03. The Labute approximate surface area is 106 Å². The molecular weight excluding hydrogens is 234 g/mol. The first-order chi connectivity index (χ1) is 8.90. The second-order valence-corrected chi connectivity index (χ2v) is 4.27. The van der Waals surface area contributed by atoms with Gasteiger partial charge in [-0.2, -0.15) is 0 Å². The molecule has 1 aromatic rings. The molecule has 0 aromatic heterocycles. The Kier molecular flexibility index (Phi) is 3.25. The van der Waals surface area contributed by atoms with E-state index >= 15 is 0 Å². The van der Waals surface area contributed by atoms with Gasteiger partial charge < -0.3 is 24.3 Å². The number of ether oxygens (including phenoxy) is 4. The molecule has 2 aliphatic rings. The van der Waals surface area contributed by atoms with Gasteiger partial charge in [0.15, 0.2) is 11.5 Å². The van der Waals surface area contributed by atoms with Crippen LogP contribution in [-0.2, 0) is 4.74 Å². The summed E-state index contributed by atoms with van der Waals surface area (Å²) in [6.07, 6.45) is -0.0506. The van der Waals surface area contributed by atoms with Gasteiger partial charge in [-0.05, 0) is 12.1 Å². The zero-order chi connectivity index (χ0) is 12.4. The summed E-state index contributed by atoms with van der Waals surface area (Å²) in [7, 11) is 1.66. The van der Waals surface area contributed by atoms with Crippen LogP contribution in [0.5, 0.6) is 17.2 Å². The normalized spacial score (nSPS) is 22.6. The van der Waals surface area contributed by atoms with Crippen LogP contribution in [0.1, 0.15) is 11.7 Å². The number of benzene rings is 1. The lowest BCUT2D eigenvalue weighted by atomic mass is 10.0. The maximum atomic E-state index is 5.79. The smallest absolute Gasteiger partial charge is 0.170 e. The lowest BCUT2D eigenvalue weighted by Gasteiger charge is -2.29. The van der Waals surface area contributed by atoms with E-state index in [4.69, 9.17) is 18.9 Å². The highest BCUT2D eigenvalue weighted by Crippen LogP contribution is 2.43. The molecule has 1 unspecified atom stereocenters. The summed E-state index contributed by atoms with van der Waals surface area (Å²) in [6, 6.07) is 3.79. The minimum atomic E-state index is -0.0506. The maximum Gasteiger partial charge on any atom is 0.170 e. The summed E-state index contributed by atoms with van der Waals surface area (Å²) in [4.78, 5) is 0. The van der Waals surface area contributed by atoms with E-state index in [9.17, 15) is 0 Å².